The summed E-state index contributed by atoms with van der Waals surface area (Å²) in [6.45, 7) is 7.33. The van der Waals surface area contributed by atoms with Gasteiger partial charge in [-0.15, -0.1) is 10.2 Å². The van der Waals surface area contributed by atoms with E-state index in [-0.39, 0.29) is 6.04 Å². The Balaban J connectivity index is 1.71. The molecule has 164 valence electrons. The van der Waals surface area contributed by atoms with Crippen molar-refractivity contribution in [3.8, 4) is 5.75 Å². The van der Waals surface area contributed by atoms with Crippen LogP contribution in [0.2, 0.25) is 0 Å². The molecule has 1 heterocycles. The molecule has 0 aliphatic carbocycles. The van der Waals surface area contributed by atoms with Crippen LogP contribution in [-0.4, -0.2) is 34.4 Å². The van der Waals surface area contributed by atoms with Crippen LogP contribution >= 0.6 is 0 Å². The fourth-order valence-corrected chi connectivity index (χ4v) is 3.34. The van der Waals surface area contributed by atoms with E-state index in [1.807, 2.05) is 42.8 Å². The molecule has 7 nitrogen and oxygen atoms in total. The van der Waals surface area contributed by atoms with Gasteiger partial charge in [-0.3, -0.25) is 0 Å². The number of methoxy groups -OCH3 is 1. The molecule has 1 unspecified atom stereocenters. The third kappa shape index (κ3) is 6.07. The van der Waals surface area contributed by atoms with Crippen molar-refractivity contribution in [3.63, 3.8) is 0 Å². The van der Waals surface area contributed by atoms with Crippen LogP contribution in [-0.2, 0) is 20.0 Å². The summed E-state index contributed by atoms with van der Waals surface area (Å²) in [6, 6.07) is 16.7. The second-order valence-electron chi connectivity index (χ2n) is 7.66. The fourth-order valence-electron chi connectivity index (χ4n) is 3.34. The zero-order valence-corrected chi connectivity index (χ0v) is 19.0. The number of aryl methyl sites for hydroxylation is 2. The molecule has 0 saturated heterocycles. The Morgan fingerprint density at radius 1 is 1.13 bits per heavy atom. The molecule has 0 amide bonds. The molecule has 1 atom stereocenters. The molecule has 0 spiro atoms. The summed E-state index contributed by atoms with van der Waals surface area (Å²) < 4.78 is 7.47. The van der Waals surface area contributed by atoms with E-state index < -0.39 is 0 Å². The number of benzene rings is 2. The molecule has 1 aromatic heterocycles. The van der Waals surface area contributed by atoms with E-state index >= 15 is 0 Å². The molecule has 3 aromatic rings. The first kappa shape index (κ1) is 22.3. The van der Waals surface area contributed by atoms with Gasteiger partial charge in [-0.25, -0.2) is 4.99 Å². The molecule has 7 heteroatoms. The number of guanidine groups is 1. The van der Waals surface area contributed by atoms with Gasteiger partial charge >= 0.3 is 0 Å². The van der Waals surface area contributed by atoms with Gasteiger partial charge in [-0.1, -0.05) is 48.0 Å². The average Bonchev–Trinajstić information content (AvgIpc) is 3.10. The lowest BCUT2D eigenvalue weighted by Gasteiger charge is -2.19. The van der Waals surface area contributed by atoms with Crippen molar-refractivity contribution in [3.05, 3.63) is 76.9 Å². The van der Waals surface area contributed by atoms with E-state index in [1.54, 1.807) is 7.11 Å². The lowest BCUT2D eigenvalue weighted by atomic mass is 10.1. The summed E-state index contributed by atoms with van der Waals surface area (Å²) >= 11 is 0. The number of nitrogens with one attached hydrogen (secondary N) is 2. The molecule has 0 saturated carbocycles. The van der Waals surface area contributed by atoms with Crippen LogP contribution in [0.4, 0.5) is 0 Å². The van der Waals surface area contributed by atoms with Crippen molar-refractivity contribution < 1.29 is 4.74 Å². The minimum absolute atomic E-state index is 0.113. The lowest BCUT2D eigenvalue weighted by Crippen LogP contribution is -2.39. The number of aliphatic imine (C=N–C) groups is 1. The zero-order chi connectivity index (χ0) is 22.2. The second kappa shape index (κ2) is 10.6. The van der Waals surface area contributed by atoms with Crippen molar-refractivity contribution >= 4 is 5.96 Å². The molecule has 0 radical (unpaired) electrons. The van der Waals surface area contributed by atoms with Gasteiger partial charge < -0.3 is 19.9 Å². The highest BCUT2D eigenvalue weighted by molar-refractivity contribution is 5.80. The van der Waals surface area contributed by atoms with Crippen molar-refractivity contribution in [1.82, 2.24) is 25.4 Å². The maximum atomic E-state index is 5.51. The monoisotopic (exact) mass is 420 g/mol. The number of aromatic nitrogens is 3. The van der Waals surface area contributed by atoms with E-state index in [9.17, 15) is 0 Å². The number of hydrogen-bond acceptors (Lipinski definition) is 4. The Morgan fingerprint density at radius 2 is 1.90 bits per heavy atom. The summed E-state index contributed by atoms with van der Waals surface area (Å²) in [5.41, 5.74) is 3.60. The summed E-state index contributed by atoms with van der Waals surface area (Å²) in [6.07, 6.45) is 0.828. The van der Waals surface area contributed by atoms with Gasteiger partial charge in [0.2, 0.25) is 0 Å². The normalized spacial score (nSPS) is 12.5. The summed E-state index contributed by atoms with van der Waals surface area (Å²) in [7, 11) is 3.66. The first-order valence-corrected chi connectivity index (χ1v) is 10.6. The van der Waals surface area contributed by atoms with Crippen LogP contribution < -0.4 is 15.4 Å². The predicted molar refractivity (Wildman–Crippen MR) is 124 cm³/mol. The number of hydrogen-bond donors (Lipinski definition) is 2. The summed E-state index contributed by atoms with van der Waals surface area (Å²) in [5, 5.41) is 15.3. The maximum Gasteiger partial charge on any atom is 0.192 e. The van der Waals surface area contributed by atoms with Gasteiger partial charge in [0.15, 0.2) is 11.8 Å². The molecule has 0 aliphatic rings. The van der Waals surface area contributed by atoms with E-state index in [1.165, 1.54) is 16.7 Å². The van der Waals surface area contributed by atoms with E-state index in [4.69, 9.17) is 9.73 Å². The van der Waals surface area contributed by atoms with Crippen molar-refractivity contribution in [2.75, 3.05) is 13.7 Å². The van der Waals surface area contributed by atoms with Gasteiger partial charge in [0.1, 0.15) is 18.1 Å². The summed E-state index contributed by atoms with van der Waals surface area (Å²) in [5.74, 6) is 3.35. The minimum atomic E-state index is 0.113. The number of nitrogens with zero attached hydrogens (tertiary/aromatic N) is 4. The van der Waals surface area contributed by atoms with Crippen LogP contribution in [0.1, 0.15) is 41.3 Å². The number of rotatable bonds is 8. The molecule has 3 rings (SSSR count). The van der Waals surface area contributed by atoms with E-state index in [0.29, 0.717) is 6.54 Å². The van der Waals surface area contributed by atoms with E-state index in [2.05, 4.69) is 58.9 Å². The third-order valence-corrected chi connectivity index (χ3v) is 5.34. The highest BCUT2D eigenvalue weighted by Crippen LogP contribution is 2.19. The average molecular weight is 421 g/mol. The zero-order valence-electron chi connectivity index (χ0n) is 19.0. The molecule has 0 aliphatic heterocycles. The molecule has 0 bridgehead atoms. The standard InChI is InChI=1S/C24H32N6O/c1-17-11-12-22(31-5)21(15-17)13-14-25-24(26-16-23-29-28-19(3)30(23)4)27-18(2)20-9-7-6-8-10-20/h6-12,15,18H,13-14,16H2,1-5H3,(H2,25,26,27). The van der Waals surface area contributed by atoms with E-state index in [0.717, 1.165) is 36.3 Å². The molecule has 31 heavy (non-hydrogen) atoms. The highest BCUT2D eigenvalue weighted by atomic mass is 16.5. The van der Waals surface area contributed by atoms with Gasteiger partial charge in [-0.2, -0.15) is 0 Å². The molecule has 2 aromatic carbocycles. The van der Waals surface area contributed by atoms with Crippen molar-refractivity contribution in [1.29, 1.82) is 0 Å². The topological polar surface area (TPSA) is 76.4 Å². The Hall–Kier alpha value is -3.35. The Kier molecular flexibility index (Phi) is 7.65. The van der Waals surface area contributed by atoms with Crippen molar-refractivity contribution in [2.45, 2.75) is 39.8 Å². The first-order valence-electron chi connectivity index (χ1n) is 10.6. The lowest BCUT2D eigenvalue weighted by molar-refractivity contribution is 0.409. The van der Waals surface area contributed by atoms with Crippen LogP contribution in [0, 0.1) is 13.8 Å². The third-order valence-electron chi connectivity index (χ3n) is 5.34. The maximum absolute atomic E-state index is 5.51. The summed E-state index contributed by atoms with van der Waals surface area (Å²) in [4.78, 5) is 4.76. The van der Waals surface area contributed by atoms with Crippen LogP contribution in [0.3, 0.4) is 0 Å². The molecular weight excluding hydrogens is 388 g/mol. The predicted octanol–water partition coefficient (Wildman–Crippen LogP) is 3.48. The van der Waals surface area contributed by atoms with Gasteiger partial charge in [0, 0.05) is 13.6 Å². The Bertz CT molecular complexity index is 1010. The van der Waals surface area contributed by atoms with Crippen LogP contribution in [0.15, 0.2) is 53.5 Å². The van der Waals surface area contributed by atoms with Gasteiger partial charge in [-0.05, 0) is 44.4 Å². The Labute approximate surface area is 184 Å². The smallest absolute Gasteiger partial charge is 0.192 e. The minimum Gasteiger partial charge on any atom is -0.496 e. The van der Waals surface area contributed by atoms with Crippen LogP contribution in [0.25, 0.3) is 0 Å². The SMILES string of the molecule is COc1ccc(C)cc1CCNC(=NCc1nnc(C)n1C)NC(C)c1ccccc1. The fraction of sp³-hybridized carbons (Fsp3) is 0.375. The molecule has 0 fully saturated rings. The number of ether oxygens (including phenoxy) is 1. The second-order valence-corrected chi connectivity index (χ2v) is 7.66. The largest absolute Gasteiger partial charge is 0.496 e. The quantitative estimate of drug-likeness (QED) is 0.431. The van der Waals surface area contributed by atoms with Crippen LogP contribution in [0.5, 0.6) is 5.75 Å². The highest BCUT2D eigenvalue weighted by Gasteiger charge is 2.10. The Morgan fingerprint density at radius 3 is 2.58 bits per heavy atom. The van der Waals surface area contributed by atoms with Gasteiger partial charge in [0.05, 0.1) is 13.2 Å². The molecule has 2 N–H and O–H groups in total. The molecular formula is C24H32N6O. The first-order chi connectivity index (χ1) is 15.0. The van der Waals surface area contributed by atoms with Crippen molar-refractivity contribution in [2.24, 2.45) is 12.0 Å². The van der Waals surface area contributed by atoms with Gasteiger partial charge in [0.25, 0.3) is 0 Å².